The molecule has 0 amide bonds. The Hall–Kier alpha value is -0.0800. The van der Waals surface area contributed by atoms with Crippen molar-refractivity contribution >= 4 is 0 Å². The molecule has 2 heteroatoms. The van der Waals surface area contributed by atoms with Crippen LogP contribution in [0.1, 0.15) is 78.6 Å². The second-order valence-electron chi connectivity index (χ2n) is 7.34. The Balaban J connectivity index is 2.01. The van der Waals surface area contributed by atoms with E-state index in [1.54, 1.807) is 0 Å². The zero-order valence-electron chi connectivity index (χ0n) is 14.0. The third-order valence-electron chi connectivity index (χ3n) is 5.50. The predicted molar refractivity (Wildman–Crippen MR) is 88.1 cm³/mol. The van der Waals surface area contributed by atoms with Crippen LogP contribution in [0.2, 0.25) is 0 Å². The molecule has 118 valence electrons. The number of nitrogens with one attached hydrogen (secondary N) is 1. The monoisotopic (exact) mass is 280 g/mol. The van der Waals surface area contributed by atoms with E-state index in [2.05, 4.69) is 31.0 Å². The van der Waals surface area contributed by atoms with Crippen molar-refractivity contribution in [1.29, 1.82) is 0 Å². The van der Waals surface area contributed by atoms with Crippen molar-refractivity contribution in [2.75, 3.05) is 13.1 Å². The lowest BCUT2D eigenvalue weighted by Gasteiger charge is -2.46. The molecule has 1 N–H and O–H groups in total. The van der Waals surface area contributed by atoms with Gasteiger partial charge in [0.15, 0.2) is 0 Å². The lowest BCUT2D eigenvalue weighted by atomic mass is 9.86. The van der Waals surface area contributed by atoms with E-state index < -0.39 is 0 Å². The van der Waals surface area contributed by atoms with Crippen molar-refractivity contribution in [2.24, 2.45) is 5.92 Å². The van der Waals surface area contributed by atoms with Crippen LogP contribution in [-0.4, -0.2) is 36.1 Å². The minimum Gasteiger partial charge on any atom is -0.312 e. The van der Waals surface area contributed by atoms with Gasteiger partial charge in [0.2, 0.25) is 0 Å². The van der Waals surface area contributed by atoms with Gasteiger partial charge in [0.1, 0.15) is 0 Å². The summed E-state index contributed by atoms with van der Waals surface area (Å²) in [5.74, 6) is 0.928. The minimum atomic E-state index is 0.742. The average molecular weight is 280 g/mol. The highest BCUT2D eigenvalue weighted by molar-refractivity contribution is 4.90. The Morgan fingerprint density at radius 3 is 2.45 bits per heavy atom. The molecular formula is C18H36N2. The molecule has 2 fully saturated rings. The quantitative estimate of drug-likeness (QED) is 0.830. The zero-order valence-corrected chi connectivity index (χ0v) is 14.0. The van der Waals surface area contributed by atoms with E-state index in [9.17, 15) is 0 Å². The molecule has 2 aliphatic rings. The molecule has 1 saturated carbocycles. The van der Waals surface area contributed by atoms with Crippen LogP contribution in [0.15, 0.2) is 0 Å². The van der Waals surface area contributed by atoms with E-state index in [4.69, 9.17) is 0 Å². The molecule has 0 aromatic carbocycles. The number of hydrogen-bond donors (Lipinski definition) is 1. The van der Waals surface area contributed by atoms with Crippen LogP contribution in [0.25, 0.3) is 0 Å². The number of rotatable bonds is 4. The van der Waals surface area contributed by atoms with Crippen molar-refractivity contribution in [3.8, 4) is 0 Å². The molecule has 2 rings (SSSR count). The maximum absolute atomic E-state index is 3.88. The number of hydrogen-bond acceptors (Lipinski definition) is 2. The fourth-order valence-electron chi connectivity index (χ4n) is 4.35. The molecule has 0 aromatic rings. The Labute approximate surface area is 126 Å². The molecule has 4 atom stereocenters. The first kappa shape index (κ1) is 16.3. The van der Waals surface area contributed by atoms with Gasteiger partial charge < -0.3 is 5.32 Å². The normalized spacial score (nSPS) is 37.4. The summed E-state index contributed by atoms with van der Waals surface area (Å²) >= 11 is 0. The molecule has 0 spiro atoms. The van der Waals surface area contributed by atoms with Crippen molar-refractivity contribution in [3.63, 3.8) is 0 Å². The first-order valence-electron chi connectivity index (χ1n) is 9.21. The van der Waals surface area contributed by atoms with Crippen LogP contribution in [0.3, 0.4) is 0 Å². The van der Waals surface area contributed by atoms with Gasteiger partial charge in [-0.25, -0.2) is 0 Å². The summed E-state index contributed by atoms with van der Waals surface area (Å²) in [7, 11) is 0. The summed E-state index contributed by atoms with van der Waals surface area (Å²) in [6.45, 7) is 9.71. The molecule has 4 unspecified atom stereocenters. The summed E-state index contributed by atoms with van der Waals surface area (Å²) in [4.78, 5) is 2.86. The molecule has 2 nitrogen and oxygen atoms in total. The Morgan fingerprint density at radius 2 is 1.75 bits per heavy atom. The van der Waals surface area contributed by atoms with Gasteiger partial charge >= 0.3 is 0 Å². The standard InChI is InChI=1S/C18H36N2/c1-4-12-19-17-9-7-5-6-8-10-18(17)20-13-11-15(2)14-16(20)3/h15-19H,4-14H2,1-3H3. The van der Waals surface area contributed by atoms with Crippen LogP contribution in [-0.2, 0) is 0 Å². The number of likely N-dealkylation sites (tertiary alicyclic amines) is 1. The fourth-order valence-corrected chi connectivity index (χ4v) is 4.35. The highest BCUT2D eigenvalue weighted by atomic mass is 15.2. The van der Waals surface area contributed by atoms with Crippen LogP contribution >= 0.6 is 0 Å². The van der Waals surface area contributed by atoms with Gasteiger partial charge in [0, 0.05) is 18.1 Å². The summed E-state index contributed by atoms with van der Waals surface area (Å²) in [6, 6.07) is 2.32. The molecule has 1 aliphatic carbocycles. The van der Waals surface area contributed by atoms with Gasteiger partial charge in [-0.05, 0) is 58.0 Å². The van der Waals surface area contributed by atoms with Gasteiger partial charge in [0.25, 0.3) is 0 Å². The fraction of sp³-hybridized carbons (Fsp3) is 1.00. The first-order chi connectivity index (χ1) is 9.72. The van der Waals surface area contributed by atoms with E-state index in [1.165, 1.54) is 70.9 Å². The summed E-state index contributed by atoms with van der Waals surface area (Å²) in [6.07, 6.45) is 12.6. The molecule has 1 heterocycles. The van der Waals surface area contributed by atoms with Crippen LogP contribution in [0.5, 0.6) is 0 Å². The molecule has 20 heavy (non-hydrogen) atoms. The van der Waals surface area contributed by atoms with Crippen LogP contribution in [0, 0.1) is 5.92 Å². The Morgan fingerprint density at radius 1 is 1.00 bits per heavy atom. The smallest absolute Gasteiger partial charge is 0.0252 e. The SMILES string of the molecule is CCCNC1CCCCCCC1N1CCC(C)CC1C. The van der Waals surface area contributed by atoms with Gasteiger partial charge in [-0.1, -0.05) is 39.5 Å². The molecule has 0 aromatic heterocycles. The Kier molecular flexibility index (Phi) is 6.83. The van der Waals surface area contributed by atoms with Crippen molar-refractivity contribution in [1.82, 2.24) is 10.2 Å². The van der Waals surface area contributed by atoms with Crippen LogP contribution < -0.4 is 5.32 Å². The molecule has 0 radical (unpaired) electrons. The zero-order chi connectivity index (χ0) is 14.4. The molecular weight excluding hydrogens is 244 g/mol. The minimum absolute atomic E-state index is 0.742. The lowest BCUT2D eigenvalue weighted by Crippen LogP contribution is -2.55. The third-order valence-corrected chi connectivity index (χ3v) is 5.50. The predicted octanol–water partition coefficient (Wildman–Crippen LogP) is 4.20. The average Bonchev–Trinajstić information content (AvgIpc) is 2.39. The maximum atomic E-state index is 3.88. The van der Waals surface area contributed by atoms with E-state index >= 15 is 0 Å². The molecule has 1 saturated heterocycles. The molecule has 0 bridgehead atoms. The second-order valence-corrected chi connectivity index (χ2v) is 7.34. The lowest BCUT2D eigenvalue weighted by molar-refractivity contribution is 0.0505. The summed E-state index contributed by atoms with van der Waals surface area (Å²) < 4.78 is 0. The van der Waals surface area contributed by atoms with Crippen molar-refractivity contribution in [3.05, 3.63) is 0 Å². The van der Waals surface area contributed by atoms with Gasteiger partial charge in [0.05, 0.1) is 0 Å². The summed E-state index contributed by atoms with van der Waals surface area (Å²) in [5.41, 5.74) is 0. The highest BCUT2D eigenvalue weighted by Gasteiger charge is 2.33. The van der Waals surface area contributed by atoms with E-state index in [-0.39, 0.29) is 0 Å². The van der Waals surface area contributed by atoms with E-state index in [0.717, 1.165) is 24.0 Å². The largest absolute Gasteiger partial charge is 0.312 e. The highest BCUT2D eigenvalue weighted by Crippen LogP contribution is 2.29. The topological polar surface area (TPSA) is 15.3 Å². The van der Waals surface area contributed by atoms with Gasteiger partial charge in [-0.3, -0.25) is 4.90 Å². The number of piperidine rings is 1. The van der Waals surface area contributed by atoms with E-state index in [0.29, 0.717) is 0 Å². The second kappa shape index (κ2) is 8.38. The maximum Gasteiger partial charge on any atom is 0.0252 e. The molecule has 1 aliphatic heterocycles. The van der Waals surface area contributed by atoms with Crippen molar-refractivity contribution < 1.29 is 0 Å². The summed E-state index contributed by atoms with van der Waals surface area (Å²) in [5, 5.41) is 3.88. The van der Waals surface area contributed by atoms with Gasteiger partial charge in [-0.2, -0.15) is 0 Å². The third kappa shape index (κ3) is 4.46. The number of nitrogens with zero attached hydrogens (tertiary/aromatic N) is 1. The van der Waals surface area contributed by atoms with E-state index in [1.807, 2.05) is 0 Å². The van der Waals surface area contributed by atoms with Crippen LogP contribution in [0.4, 0.5) is 0 Å². The first-order valence-corrected chi connectivity index (χ1v) is 9.21. The van der Waals surface area contributed by atoms with Gasteiger partial charge in [-0.15, -0.1) is 0 Å². The van der Waals surface area contributed by atoms with Crippen molar-refractivity contribution in [2.45, 2.75) is 96.7 Å². The Bertz CT molecular complexity index is 264.